The molecule has 17 heavy (non-hydrogen) atoms. The van der Waals surface area contributed by atoms with Crippen LogP contribution in [0.1, 0.15) is 13.3 Å². The van der Waals surface area contributed by atoms with Crippen molar-refractivity contribution in [2.75, 3.05) is 11.9 Å². The van der Waals surface area contributed by atoms with E-state index in [1.54, 1.807) is 0 Å². The van der Waals surface area contributed by atoms with Gasteiger partial charge in [0.15, 0.2) is 0 Å². The molecule has 86 valence electrons. The number of nitrogens with one attached hydrogen (secondary N) is 1. The van der Waals surface area contributed by atoms with E-state index in [0.29, 0.717) is 0 Å². The van der Waals surface area contributed by atoms with E-state index in [-0.39, 0.29) is 0 Å². The Bertz CT molecular complexity index is 544. The Labute approximate surface area is 101 Å². The van der Waals surface area contributed by atoms with Crippen LogP contribution in [0.4, 0.5) is 5.69 Å². The molecule has 0 aliphatic rings. The first-order valence-corrected chi connectivity index (χ1v) is 6.12. The summed E-state index contributed by atoms with van der Waals surface area (Å²) in [6.07, 6.45) is 1.15. The summed E-state index contributed by atoms with van der Waals surface area (Å²) >= 11 is 0. The predicted octanol–water partition coefficient (Wildman–Crippen LogP) is 3.89. The summed E-state index contributed by atoms with van der Waals surface area (Å²) in [6, 6.07) is 17.2. The number of benzene rings is 2. The van der Waals surface area contributed by atoms with Crippen molar-refractivity contribution < 1.29 is 0 Å². The quantitative estimate of drug-likeness (QED) is 0.711. The second kappa shape index (κ2) is 4.13. The number of aromatic nitrogens is 1. The summed E-state index contributed by atoms with van der Waals surface area (Å²) in [5.41, 5.74) is 4.94. The first kappa shape index (κ1) is 10.2. The average molecular weight is 224 g/mol. The monoisotopic (exact) mass is 224 g/mol. The second-order valence-corrected chi connectivity index (χ2v) is 4.33. The van der Waals surface area contributed by atoms with Crippen molar-refractivity contribution in [3.63, 3.8) is 0 Å². The van der Waals surface area contributed by atoms with Gasteiger partial charge < -0.3 is 9.88 Å². The maximum absolute atomic E-state index is 3.39. The number of rotatable bonds is 4. The van der Waals surface area contributed by atoms with Gasteiger partial charge in [-0.15, -0.1) is 0 Å². The minimum Gasteiger partial charge on any atom is -0.385 e. The van der Waals surface area contributed by atoms with E-state index in [1.165, 1.54) is 22.4 Å². The highest BCUT2D eigenvalue weighted by Gasteiger charge is 2.05. The first-order chi connectivity index (χ1) is 8.38. The first-order valence-electron chi connectivity index (χ1n) is 6.12. The lowest BCUT2D eigenvalue weighted by atomic mass is 10.2. The minimum atomic E-state index is 1.03. The van der Waals surface area contributed by atoms with Crippen LogP contribution in [0.5, 0.6) is 0 Å². The molecule has 1 N–H and O–H groups in total. The molecule has 2 bridgehead atoms. The Hall–Kier alpha value is -1.96. The van der Waals surface area contributed by atoms with Gasteiger partial charge in [0, 0.05) is 29.0 Å². The van der Waals surface area contributed by atoms with Crippen molar-refractivity contribution in [3.05, 3.63) is 48.5 Å². The molecule has 0 amide bonds. The van der Waals surface area contributed by atoms with Gasteiger partial charge in [-0.1, -0.05) is 6.92 Å². The number of nitrogens with zero attached hydrogens (tertiary/aromatic N) is 1. The van der Waals surface area contributed by atoms with Crippen LogP contribution in [0.3, 0.4) is 0 Å². The highest BCUT2D eigenvalue weighted by Crippen LogP contribution is 2.23. The topological polar surface area (TPSA) is 17.0 Å². The summed E-state index contributed by atoms with van der Waals surface area (Å²) in [5.74, 6) is 0. The molecule has 0 atom stereocenters. The minimum absolute atomic E-state index is 1.03. The average Bonchev–Trinajstić information content (AvgIpc) is 2.97. The number of fused-ring (bicyclic) bond motifs is 2. The van der Waals surface area contributed by atoms with E-state index in [1.807, 2.05) is 0 Å². The van der Waals surface area contributed by atoms with Gasteiger partial charge >= 0.3 is 0 Å². The lowest BCUT2D eigenvalue weighted by Gasteiger charge is -2.07. The van der Waals surface area contributed by atoms with Crippen LogP contribution < -0.4 is 5.32 Å². The SMILES string of the molecule is CCCNc1ccc(-n2c3ccc2cc3)cc1. The molecule has 3 rings (SSSR count). The highest BCUT2D eigenvalue weighted by molar-refractivity contribution is 5.73. The van der Waals surface area contributed by atoms with Crippen LogP contribution in [0.25, 0.3) is 16.7 Å². The Morgan fingerprint density at radius 3 is 2.00 bits per heavy atom. The molecule has 1 aromatic carbocycles. The molecule has 0 spiro atoms. The van der Waals surface area contributed by atoms with Gasteiger partial charge in [-0.3, -0.25) is 0 Å². The van der Waals surface area contributed by atoms with Crippen LogP contribution in [0.15, 0.2) is 48.5 Å². The molecular weight excluding hydrogens is 208 g/mol. The highest BCUT2D eigenvalue weighted by atomic mass is 15.0. The summed E-state index contributed by atoms with van der Waals surface area (Å²) < 4.78 is 2.27. The van der Waals surface area contributed by atoms with E-state index in [2.05, 4.69) is 65.3 Å². The van der Waals surface area contributed by atoms with Crippen molar-refractivity contribution in [2.24, 2.45) is 0 Å². The molecule has 3 aromatic rings. The van der Waals surface area contributed by atoms with E-state index < -0.39 is 0 Å². The van der Waals surface area contributed by atoms with Gasteiger partial charge in [-0.05, 0) is 55.0 Å². The van der Waals surface area contributed by atoms with Crippen molar-refractivity contribution >= 4 is 16.7 Å². The Morgan fingerprint density at radius 2 is 1.47 bits per heavy atom. The third-order valence-electron chi connectivity index (χ3n) is 3.07. The number of anilines is 1. The van der Waals surface area contributed by atoms with Crippen molar-refractivity contribution in [1.29, 1.82) is 0 Å². The normalized spacial score (nSPS) is 11.1. The Balaban J connectivity index is 1.90. The van der Waals surface area contributed by atoms with Crippen LogP contribution in [-0.2, 0) is 0 Å². The van der Waals surface area contributed by atoms with Gasteiger partial charge in [-0.25, -0.2) is 0 Å². The third kappa shape index (κ3) is 1.76. The maximum Gasteiger partial charge on any atom is 0.0463 e. The van der Waals surface area contributed by atoms with Crippen LogP contribution in [0.2, 0.25) is 0 Å². The molecule has 0 radical (unpaired) electrons. The predicted molar refractivity (Wildman–Crippen MR) is 73.2 cm³/mol. The van der Waals surface area contributed by atoms with Gasteiger partial charge in [0.1, 0.15) is 0 Å². The van der Waals surface area contributed by atoms with Crippen LogP contribution >= 0.6 is 0 Å². The zero-order valence-corrected chi connectivity index (χ0v) is 9.98. The van der Waals surface area contributed by atoms with Crippen molar-refractivity contribution in [3.8, 4) is 5.69 Å². The van der Waals surface area contributed by atoms with E-state index in [9.17, 15) is 0 Å². The summed E-state index contributed by atoms with van der Waals surface area (Å²) in [6.45, 7) is 3.20. The van der Waals surface area contributed by atoms with Crippen LogP contribution in [0, 0.1) is 0 Å². The lowest BCUT2D eigenvalue weighted by molar-refractivity contribution is 0.979. The molecule has 0 fully saturated rings. The molecule has 0 aliphatic heterocycles. The Kier molecular flexibility index (Phi) is 2.48. The fraction of sp³-hybridized carbons (Fsp3) is 0.200. The van der Waals surface area contributed by atoms with Gasteiger partial charge in [0.05, 0.1) is 0 Å². The van der Waals surface area contributed by atoms with Crippen molar-refractivity contribution in [2.45, 2.75) is 13.3 Å². The molecule has 2 heteroatoms. The molecular formula is C15H16N2. The molecule has 2 heterocycles. The maximum atomic E-state index is 3.39. The summed E-state index contributed by atoms with van der Waals surface area (Å²) in [7, 11) is 0. The number of hydrogen-bond donors (Lipinski definition) is 1. The van der Waals surface area contributed by atoms with E-state index >= 15 is 0 Å². The summed E-state index contributed by atoms with van der Waals surface area (Å²) in [4.78, 5) is 0. The third-order valence-corrected chi connectivity index (χ3v) is 3.07. The smallest absolute Gasteiger partial charge is 0.0463 e. The van der Waals surface area contributed by atoms with E-state index in [0.717, 1.165) is 13.0 Å². The fourth-order valence-electron chi connectivity index (χ4n) is 2.20. The standard InChI is InChI=1S/C15H16N2/c1-2-11-16-12-3-5-13(6-4-12)17-14-7-8-15(17)10-9-14/h3-10,16H,2,11H2,1H3. The lowest BCUT2D eigenvalue weighted by Crippen LogP contribution is -1.99. The molecule has 0 saturated carbocycles. The molecule has 0 saturated heterocycles. The largest absolute Gasteiger partial charge is 0.385 e. The van der Waals surface area contributed by atoms with E-state index in [4.69, 9.17) is 0 Å². The Morgan fingerprint density at radius 1 is 0.882 bits per heavy atom. The molecule has 0 unspecified atom stereocenters. The zero-order valence-electron chi connectivity index (χ0n) is 9.98. The molecule has 0 aliphatic carbocycles. The summed E-state index contributed by atoms with van der Waals surface area (Å²) in [5, 5.41) is 3.39. The molecule has 2 aromatic heterocycles. The van der Waals surface area contributed by atoms with Gasteiger partial charge in [-0.2, -0.15) is 0 Å². The zero-order chi connectivity index (χ0) is 11.7. The number of hydrogen-bond acceptors (Lipinski definition) is 1. The van der Waals surface area contributed by atoms with Crippen molar-refractivity contribution in [1.82, 2.24) is 4.57 Å². The molecule has 2 nitrogen and oxygen atoms in total. The van der Waals surface area contributed by atoms with Gasteiger partial charge in [0.25, 0.3) is 0 Å². The second-order valence-electron chi connectivity index (χ2n) is 4.33. The van der Waals surface area contributed by atoms with Crippen LogP contribution in [-0.4, -0.2) is 11.1 Å². The van der Waals surface area contributed by atoms with Gasteiger partial charge in [0.2, 0.25) is 0 Å². The fourth-order valence-corrected chi connectivity index (χ4v) is 2.20.